The molecule has 2 amide bonds. The zero-order valence-electron chi connectivity index (χ0n) is 13.5. The van der Waals surface area contributed by atoms with Gasteiger partial charge < -0.3 is 15.7 Å². The van der Waals surface area contributed by atoms with Crippen LogP contribution in [-0.4, -0.2) is 29.7 Å². The molecule has 1 saturated carbocycles. The molecule has 21 heavy (non-hydrogen) atoms. The predicted octanol–water partition coefficient (Wildman–Crippen LogP) is 3.00. The Morgan fingerprint density at radius 3 is 2.33 bits per heavy atom. The zero-order valence-corrected chi connectivity index (χ0v) is 13.5. The van der Waals surface area contributed by atoms with E-state index in [2.05, 4.69) is 24.5 Å². The summed E-state index contributed by atoms with van der Waals surface area (Å²) in [6.45, 7) is 7.11. The normalized spacial score (nSPS) is 26.9. The molecule has 0 bridgehead atoms. The van der Waals surface area contributed by atoms with Crippen molar-refractivity contribution < 1.29 is 14.7 Å². The van der Waals surface area contributed by atoms with Gasteiger partial charge in [0.2, 0.25) is 0 Å². The summed E-state index contributed by atoms with van der Waals surface area (Å²) in [5.41, 5.74) is 0. The van der Waals surface area contributed by atoms with E-state index in [1.54, 1.807) is 0 Å². The van der Waals surface area contributed by atoms with E-state index >= 15 is 0 Å². The maximum Gasteiger partial charge on any atom is 0.315 e. The maximum atomic E-state index is 11.9. The number of carboxylic acid groups (broad SMARTS) is 1. The first-order valence-corrected chi connectivity index (χ1v) is 8.13. The second kappa shape index (κ2) is 8.90. The Kier molecular flexibility index (Phi) is 7.54. The van der Waals surface area contributed by atoms with Gasteiger partial charge in [0.15, 0.2) is 0 Å². The maximum absolute atomic E-state index is 11.9. The molecule has 0 heterocycles. The number of hydrogen-bond donors (Lipinski definition) is 3. The first-order chi connectivity index (χ1) is 9.86. The quantitative estimate of drug-likeness (QED) is 0.676. The lowest BCUT2D eigenvalue weighted by atomic mass is 9.80. The summed E-state index contributed by atoms with van der Waals surface area (Å²) in [5.74, 6) is 0.911. The summed E-state index contributed by atoms with van der Waals surface area (Å²) in [7, 11) is 0. The number of amides is 2. The molecule has 1 aliphatic carbocycles. The van der Waals surface area contributed by atoms with Crippen LogP contribution in [0.25, 0.3) is 0 Å². The van der Waals surface area contributed by atoms with Gasteiger partial charge in [-0.25, -0.2) is 4.79 Å². The first-order valence-electron chi connectivity index (χ1n) is 8.13. The standard InChI is InChI=1S/C16H30N2O3/c1-11(4-5-15(19)20)6-7-17-16(21)18-14-9-12(2)8-13(3)10-14/h11-14H,4-10H2,1-3H3,(H,19,20)(H2,17,18,21). The van der Waals surface area contributed by atoms with Crippen molar-refractivity contribution in [3.63, 3.8) is 0 Å². The molecule has 0 spiro atoms. The summed E-state index contributed by atoms with van der Waals surface area (Å²) in [4.78, 5) is 22.3. The Morgan fingerprint density at radius 2 is 1.76 bits per heavy atom. The second-order valence-electron chi connectivity index (χ2n) is 6.84. The first kappa shape index (κ1) is 17.8. The van der Waals surface area contributed by atoms with Gasteiger partial charge in [0.1, 0.15) is 0 Å². The lowest BCUT2D eigenvalue weighted by Gasteiger charge is -2.31. The highest BCUT2D eigenvalue weighted by Gasteiger charge is 2.24. The lowest BCUT2D eigenvalue weighted by molar-refractivity contribution is -0.137. The molecule has 5 nitrogen and oxygen atoms in total. The summed E-state index contributed by atoms with van der Waals surface area (Å²) in [6.07, 6.45) is 5.06. The van der Waals surface area contributed by atoms with Crippen molar-refractivity contribution >= 4 is 12.0 Å². The molecule has 1 aliphatic rings. The minimum atomic E-state index is -0.756. The van der Waals surface area contributed by atoms with Gasteiger partial charge >= 0.3 is 12.0 Å². The van der Waals surface area contributed by atoms with E-state index in [1.807, 2.05) is 6.92 Å². The minimum absolute atomic E-state index is 0.0910. The van der Waals surface area contributed by atoms with Crippen molar-refractivity contribution in [2.45, 2.75) is 65.3 Å². The van der Waals surface area contributed by atoms with E-state index in [1.165, 1.54) is 6.42 Å². The molecule has 0 radical (unpaired) electrons. The fraction of sp³-hybridized carbons (Fsp3) is 0.875. The molecule has 0 aromatic heterocycles. The Labute approximate surface area is 127 Å². The molecule has 0 aromatic carbocycles. The highest BCUT2D eigenvalue weighted by molar-refractivity contribution is 5.74. The van der Waals surface area contributed by atoms with Gasteiger partial charge in [0.25, 0.3) is 0 Å². The van der Waals surface area contributed by atoms with Crippen molar-refractivity contribution in [1.29, 1.82) is 0 Å². The molecule has 1 rings (SSSR count). The molecule has 1 fully saturated rings. The monoisotopic (exact) mass is 298 g/mol. The summed E-state index contributed by atoms with van der Waals surface area (Å²) < 4.78 is 0. The van der Waals surface area contributed by atoms with E-state index in [0.717, 1.165) is 19.3 Å². The Balaban J connectivity index is 2.14. The van der Waals surface area contributed by atoms with Crippen LogP contribution in [0.2, 0.25) is 0 Å². The summed E-state index contributed by atoms with van der Waals surface area (Å²) in [5, 5.41) is 14.6. The third kappa shape index (κ3) is 7.93. The fourth-order valence-corrected chi connectivity index (χ4v) is 3.25. The van der Waals surface area contributed by atoms with Gasteiger partial charge in [-0.1, -0.05) is 20.8 Å². The summed E-state index contributed by atoms with van der Waals surface area (Å²) in [6, 6.07) is 0.194. The zero-order chi connectivity index (χ0) is 15.8. The number of carbonyl (C=O) groups is 2. The molecule has 0 saturated heterocycles. The Bertz CT molecular complexity index is 336. The van der Waals surface area contributed by atoms with Crippen molar-refractivity contribution in [2.75, 3.05) is 6.54 Å². The number of nitrogens with one attached hydrogen (secondary N) is 2. The smallest absolute Gasteiger partial charge is 0.315 e. The number of aliphatic carboxylic acids is 1. The SMILES string of the molecule is CC(CCNC(=O)NC1CC(C)CC(C)C1)CCC(=O)O. The second-order valence-corrected chi connectivity index (χ2v) is 6.84. The van der Waals surface area contributed by atoms with Crippen LogP contribution in [0.3, 0.4) is 0 Å². The van der Waals surface area contributed by atoms with Crippen LogP contribution >= 0.6 is 0 Å². The van der Waals surface area contributed by atoms with E-state index in [-0.39, 0.29) is 18.5 Å². The average Bonchev–Trinajstić information content (AvgIpc) is 2.34. The van der Waals surface area contributed by atoms with Gasteiger partial charge in [-0.2, -0.15) is 0 Å². The van der Waals surface area contributed by atoms with E-state index in [0.29, 0.717) is 30.7 Å². The van der Waals surface area contributed by atoms with Crippen LogP contribution in [0.1, 0.15) is 59.3 Å². The van der Waals surface area contributed by atoms with Crippen molar-refractivity contribution in [3.8, 4) is 0 Å². The molecule has 0 aromatic rings. The number of rotatable bonds is 7. The molecule has 3 N–H and O–H groups in total. The third-order valence-electron chi connectivity index (χ3n) is 4.29. The van der Waals surface area contributed by atoms with Gasteiger partial charge in [0, 0.05) is 19.0 Å². The molecule has 122 valence electrons. The van der Waals surface area contributed by atoms with Gasteiger partial charge in [-0.15, -0.1) is 0 Å². The molecule has 3 unspecified atom stereocenters. The van der Waals surface area contributed by atoms with Crippen molar-refractivity contribution in [1.82, 2.24) is 10.6 Å². The number of carboxylic acids is 1. The molecule has 0 aliphatic heterocycles. The van der Waals surface area contributed by atoms with Gasteiger partial charge in [-0.05, 0) is 49.9 Å². The van der Waals surface area contributed by atoms with Crippen LogP contribution in [0.4, 0.5) is 4.79 Å². The highest BCUT2D eigenvalue weighted by atomic mass is 16.4. The molecule has 3 atom stereocenters. The van der Waals surface area contributed by atoms with Crippen LogP contribution in [0.15, 0.2) is 0 Å². The topological polar surface area (TPSA) is 78.4 Å². The average molecular weight is 298 g/mol. The van der Waals surface area contributed by atoms with Crippen molar-refractivity contribution in [3.05, 3.63) is 0 Å². The Morgan fingerprint density at radius 1 is 1.14 bits per heavy atom. The van der Waals surface area contributed by atoms with E-state index in [9.17, 15) is 9.59 Å². The van der Waals surface area contributed by atoms with E-state index < -0.39 is 5.97 Å². The molecular weight excluding hydrogens is 268 g/mol. The molecular formula is C16H30N2O3. The predicted molar refractivity (Wildman–Crippen MR) is 83.2 cm³/mol. The van der Waals surface area contributed by atoms with Crippen molar-refractivity contribution in [2.24, 2.45) is 17.8 Å². The fourth-order valence-electron chi connectivity index (χ4n) is 3.25. The van der Waals surface area contributed by atoms with Crippen LogP contribution < -0.4 is 10.6 Å². The number of hydrogen-bond acceptors (Lipinski definition) is 2. The molecule has 5 heteroatoms. The largest absolute Gasteiger partial charge is 0.481 e. The Hall–Kier alpha value is -1.26. The van der Waals surface area contributed by atoms with Crippen LogP contribution in [0.5, 0.6) is 0 Å². The van der Waals surface area contributed by atoms with Crippen LogP contribution in [0, 0.1) is 17.8 Å². The third-order valence-corrected chi connectivity index (χ3v) is 4.29. The van der Waals surface area contributed by atoms with Gasteiger partial charge in [0.05, 0.1) is 0 Å². The van der Waals surface area contributed by atoms with Gasteiger partial charge in [-0.3, -0.25) is 4.79 Å². The number of carbonyl (C=O) groups excluding carboxylic acids is 1. The lowest BCUT2D eigenvalue weighted by Crippen LogP contribution is -2.45. The minimum Gasteiger partial charge on any atom is -0.481 e. The van der Waals surface area contributed by atoms with E-state index in [4.69, 9.17) is 5.11 Å². The summed E-state index contributed by atoms with van der Waals surface area (Å²) >= 11 is 0. The number of urea groups is 1. The van der Waals surface area contributed by atoms with Crippen LogP contribution in [-0.2, 0) is 4.79 Å². The highest BCUT2D eigenvalue weighted by Crippen LogP contribution is 2.28.